The molecule has 0 bridgehead atoms. The summed E-state index contributed by atoms with van der Waals surface area (Å²) in [5, 5.41) is 5.76. The predicted molar refractivity (Wildman–Crippen MR) is 105 cm³/mol. The Labute approximate surface area is 153 Å². The van der Waals surface area contributed by atoms with Gasteiger partial charge in [0.15, 0.2) is 0 Å². The fourth-order valence-electron chi connectivity index (χ4n) is 3.31. The second kappa shape index (κ2) is 7.42. The van der Waals surface area contributed by atoms with Crippen molar-refractivity contribution in [3.63, 3.8) is 0 Å². The summed E-state index contributed by atoms with van der Waals surface area (Å²) in [5.41, 5.74) is 5.52. The SMILES string of the molecule is O=C(Nc1ccccc1)Nc1ccc2c(c1)CN(Cc1ccccc1)C2. The number of nitrogens with one attached hydrogen (secondary N) is 2. The Morgan fingerprint density at radius 1 is 0.769 bits per heavy atom. The molecule has 0 saturated carbocycles. The fourth-order valence-corrected chi connectivity index (χ4v) is 3.31. The number of urea groups is 1. The maximum absolute atomic E-state index is 12.2. The Hall–Kier alpha value is -3.11. The van der Waals surface area contributed by atoms with Gasteiger partial charge in [0.05, 0.1) is 0 Å². The van der Waals surface area contributed by atoms with E-state index in [-0.39, 0.29) is 6.03 Å². The Morgan fingerprint density at radius 3 is 2.19 bits per heavy atom. The molecule has 0 unspecified atom stereocenters. The van der Waals surface area contributed by atoms with Crippen LogP contribution in [0.15, 0.2) is 78.9 Å². The van der Waals surface area contributed by atoms with E-state index in [2.05, 4.69) is 51.9 Å². The number of anilines is 2. The van der Waals surface area contributed by atoms with Crippen LogP contribution in [-0.4, -0.2) is 10.9 Å². The molecule has 4 heteroatoms. The van der Waals surface area contributed by atoms with Gasteiger partial charge in [0.1, 0.15) is 0 Å². The lowest BCUT2D eigenvalue weighted by Crippen LogP contribution is -2.19. The lowest BCUT2D eigenvalue weighted by atomic mass is 10.1. The first-order valence-corrected chi connectivity index (χ1v) is 8.77. The minimum absolute atomic E-state index is 0.227. The molecule has 1 aliphatic heterocycles. The van der Waals surface area contributed by atoms with E-state index in [9.17, 15) is 4.79 Å². The summed E-state index contributed by atoms with van der Waals surface area (Å²) < 4.78 is 0. The number of rotatable bonds is 4. The molecule has 1 heterocycles. The molecule has 1 aliphatic rings. The first-order chi connectivity index (χ1) is 12.8. The highest BCUT2D eigenvalue weighted by molar-refractivity contribution is 5.99. The molecular weight excluding hydrogens is 322 g/mol. The van der Waals surface area contributed by atoms with Gasteiger partial charge in [-0.2, -0.15) is 0 Å². The van der Waals surface area contributed by atoms with E-state index in [1.807, 2.05) is 42.5 Å². The maximum atomic E-state index is 12.2. The average molecular weight is 343 g/mol. The van der Waals surface area contributed by atoms with Gasteiger partial charge in [-0.3, -0.25) is 4.90 Å². The molecular formula is C22H21N3O. The highest BCUT2D eigenvalue weighted by atomic mass is 16.2. The molecule has 26 heavy (non-hydrogen) atoms. The summed E-state index contributed by atoms with van der Waals surface area (Å²) >= 11 is 0. The van der Waals surface area contributed by atoms with Crippen LogP contribution >= 0.6 is 0 Å². The molecule has 0 spiro atoms. The van der Waals surface area contributed by atoms with Crippen LogP contribution in [0, 0.1) is 0 Å². The van der Waals surface area contributed by atoms with Crippen molar-refractivity contribution in [2.24, 2.45) is 0 Å². The summed E-state index contributed by atoms with van der Waals surface area (Å²) in [6.45, 7) is 2.79. The Morgan fingerprint density at radius 2 is 1.42 bits per heavy atom. The topological polar surface area (TPSA) is 44.4 Å². The largest absolute Gasteiger partial charge is 0.323 e. The van der Waals surface area contributed by atoms with E-state index in [1.165, 1.54) is 16.7 Å². The van der Waals surface area contributed by atoms with Crippen LogP contribution in [0.2, 0.25) is 0 Å². The molecule has 0 saturated heterocycles. The third-order valence-electron chi connectivity index (χ3n) is 4.53. The number of hydrogen-bond acceptors (Lipinski definition) is 2. The average Bonchev–Trinajstić information content (AvgIpc) is 3.05. The van der Waals surface area contributed by atoms with Gasteiger partial charge < -0.3 is 10.6 Å². The molecule has 130 valence electrons. The summed E-state index contributed by atoms with van der Waals surface area (Å²) in [6.07, 6.45) is 0. The molecule has 4 nitrogen and oxygen atoms in total. The van der Waals surface area contributed by atoms with Crippen molar-refractivity contribution in [3.05, 3.63) is 95.6 Å². The normalized spacial score (nSPS) is 13.2. The molecule has 0 radical (unpaired) electrons. The van der Waals surface area contributed by atoms with Crippen molar-refractivity contribution in [2.45, 2.75) is 19.6 Å². The van der Waals surface area contributed by atoms with Crippen LogP contribution in [0.3, 0.4) is 0 Å². The monoisotopic (exact) mass is 343 g/mol. The Kier molecular flexibility index (Phi) is 4.67. The maximum Gasteiger partial charge on any atom is 0.323 e. The number of amides is 2. The molecule has 3 aromatic carbocycles. The summed E-state index contributed by atoms with van der Waals surface area (Å²) in [4.78, 5) is 14.6. The van der Waals surface area contributed by atoms with Gasteiger partial charge in [-0.1, -0.05) is 54.6 Å². The van der Waals surface area contributed by atoms with E-state index < -0.39 is 0 Å². The quantitative estimate of drug-likeness (QED) is 0.711. The minimum Gasteiger partial charge on any atom is -0.308 e. The number of carbonyl (C=O) groups excluding carboxylic acids is 1. The van der Waals surface area contributed by atoms with Crippen molar-refractivity contribution < 1.29 is 4.79 Å². The van der Waals surface area contributed by atoms with E-state index in [4.69, 9.17) is 0 Å². The highest BCUT2D eigenvalue weighted by Crippen LogP contribution is 2.27. The number of para-hydroxylation sites is 1. The van der Waals surface area contributed by atoms with E-state index >= 15 is 0 Å². The lowest BCUT2D eigenvalue weighted by molar-refractivity contribution is 0.262. The summed E-state index contributed by atoms with van der Waals surface area (Å²) in [5.74, 6) is 0. The van der Waals surface area contributed by atoms with Gasteiger partial charge in [0, 0.05) is 31.0 Å². The number of benzene rings is 3. The van der Waals surface area contributed by atoms with Crippen molar-refractivity contribution in [2.75, 3.05) is 10.6 Å². The van der Waals surface area contributed by atoms with Crippen LogP contribution in [0.4, 0.5) is 16.2 Å². The van der Waals surface area contributed by atoms with E-state index in [0.29, 0.717) is 0 Å². The van der Waals surface area contributed by atoms with Crippen LogP contribution in [-0.2, 0) is 19.6 Å². The smallest absolute Gasteiger partial charge is 0.308 e. The molecule has 0 aliphatic carbocycles. The Bertz CT molecular complexity index is 894. The summed E-state index contributed by atoms with van der Waals surface area (Å²) in [7, 11) is 0. The molecule has 0 atom stereocenters. The van der Waals surface area contributed by atoms with Gasteiger partial charge in [-0.25, -0.2) is 4.79 Å². The third-order valence-corrected chi connectivity index (χ3v) is 4.53. The minimum atomic E-state index is -0.227. The second-order valence-electron chi connectivity index (χ2n) is 6.56. The predicted octanol–water partition coefficient (Wildman–Crippen LogP) is 4.85. The van der Waals surface area contributed by atoms with Gasteiger partial charge in [0.25, 0.3) is 0 Å². The molecule has 2 N–H and O–H groups in total. The Balaban J connectivity index is 1.38. The van der Waals surface area contributed by atoms with Gasteiger partial charge in [-0.15, -0.1) is 0 Å². The molecule has 0 aromatic heterocycles. The van der Waals surface area contributed by atoms with Crippen molar-refractivity contribution in [1.29, 1.82) is 0 Å². The number of nitrogens with zero attached hydrogens (tertiary/aromatic N) is 1. The van der Waals surface area contributed by atoms with Crippen LogP contribution in [0.5, 0.6) is 0 Å². The summed E-state index contributed by atoms with van der Waals surface area (Å²) in [6, 6.07) is 25.9. The van der Waals surface area contributed by atoms with Crippen molar-refractivity contribution >= 4 is 17.4 Å². The van der Waals surface area contributed by atoms with Crippen molar-refractivity contribution in [1.82, 2.24) is 4.90 Å². The van der Waals surface area contributed by atoms with Gasteiger partial charge in [0.2, 0.25) is 0 Å². The van der Waals surface area contributed by atoms with E-state index in [1.54, 1.807) is 0 Å². The third kappa shape index (κ3) is 3.92. The first-order valence-electron chi connectivity index (χ1n) is 8.77. The van der Waals surface area contributed by atoms with E-state index in [0.717, 1.165) is 31.0 Å². The number of fused-ring (bicyclic) bond motifs is 1. The molecule has 2 amide bonds. The lowest BCUT2D eigenvalue weighted by Gasteiger charge is -2.14. The second-order valence-corrected chi connectivity index (χ2v) is 6.56. The molecule has 0 fully saturated rings. The van der Waals surface area contributed by atoms with Gasteiger partial charge in [-0.05, 0) is 41.0 Å². The molecule has 3 aromatic rings. The standard InChI is InChI=1S/C22H21N3O/c26-22(23-20-9-5-2-6-10-20)24-21-12-11-18-15-25(16-19(18)13-21)14-17-7-3-1-4-8-17/h1-13H,14-16H2,(H2,23,24,26). The van der Waals surface area contributed by atoms with Crippen LogP contribution < -0.4 is 10.6 Å². The zero-order valence-corrected chi connectivity index (χ0v) is 14.5. The zero-order valence-electron chi connectivity index (χ0n) is 14.5. The fraction of sp³-hybridized carbons (Fsp3) is 0.136. The highest BCUT2D eigenvalue weighted by Gasteiger charge is 2.19. The van der Waals surface area contributed by atoms with Crippen LogP contribution in [0.25, 0.3) is 0 Å². The molecule has 4 rings (SSSR count). The van der Waals surface area contributed by atoms with Crippen LogP contribution in [0.1, 0.15) is 16.7 Å². The number of carbonyl (C=O) groups is 1. The van der Waals surface area contributed by atoms with Crippen molar-refractivity contribution in [3.8, 4) is 0 Å². The zero-order chi connectivity index (χ0) is 17.8. The first kappa shape index (κ1) is 16.4. The van der Waals surface area contributed by atoms with Gasteiger partial charge >= 0.3 is 6.03 Å². The number of hydrogen-bond donors (Lipinski definition) is 2.